The number of carbonyl (C=O) groups excluding carboxylic acids is 1. The third-order valence-corrected chi connectivity index (χ3v) is 5.13. The number of amides is 1. The number of aromatic nitrogens is 4. The average Bonchev–Trinajstić information content (AvgIpc) is 2.73. The molecule has 1 amide bonds. The van der Waals surface area contributed by atoms with Crippen LogP contribution in [0.5, 0.6) is 5.88 Å². The van der Waals surface area contributed by atoms with Gasteiger partial charge in [0, 0.05) is 47.5 Å². The Morgan fingerprint density at radius 1 is 1.17 bits per heavy atom. The van der Waals surface area contributed by atoms with Crippen molar-refractivity contribution in [3.63, 3.8) is 0 Å². The summed E-state index contributed by atoms with van der Waals surface area (Å²) in [5.41, 5.74) is 3.38. The maximum absolute atomic E-state index is 12.8. The van der Waals surface area contributed by atoms with Crippen LogP contribution in [-0.4, -0.2) is 33.0 Å². The number of fused-ring (bicyclic) bond motifs is 1. The van der Waals surface area contributed by atoms with Crippen molar-refractivity contribution in [1.82, 2.24) is 25.3 Å². The van der Waals surface area contributed by atoms with Crippen molar-refractivity contribution in [2.24, 2.45) is 5.41 Å². The first-order chi connectivity index (χ1) is 13.9. The molecule has 148 valence electrons. The molecule has 0 spiro atoms. The molecule has 3 aromatic rings. The highest BCUT2D eigenvalue weighted by Gasteiger charge is 2.34. The second kappa shape index (κ2) is 7.58. The third-order valence-electron chi connectivity index (χ3n) is 5.13. The fourth-order valence-electron chi connectivity index (χ4n) is 3.72. The average molecular weight is 389 g/mol. The molecule has 0 radical (unpaired) electrons. The summed E-state index contributed by atoms with van der Waals surface area (Å²) in [7, 11) is 1.53. The Hall–Kier alpha value is -3.35. The van der Waals surface area contributed by atoms with E-state index in [9.17, 15) is 4.79 Å². The van der Waals surface area contributed by atoms with E-state index in [1.54, 1.807) is 30.7 Å². The molecule has 29 heavy (non-hydrogen) atoms. The molecular weight excluding hydrogens is 366 g/mol. The van der Waals surface area contributed by atoms with E-state index in [2.05, 4.69) is 34.1 Å². The number of pyridine rings is 2. The molecule has 1 aliphatic carbocycles. The second-order valence-electron chi connectivity index (χ2n) is 7.99. The Kier molecular flexibility index (Phi) is 4.96. The quantitative estimate of drug-likeness (QED) is 0.736. The molecule has 3 aromatic heterocycles. The summed E-state index contributed by atoms with van der Waals surface area (Å²) in [5, 5.41) is 3.15. The van der Waals surface area contributed by atoms with Crippen molar-refractivity contribution in [2.75, 3.05) is 7.11 Å². The first-order valence-electron chi connectivity index (χ1n) is 9.52. The van der Waals surface area contributed by atoms with Crippen molar-refractivity contribution >= 4 is 5.91 Å². The molecule has 1 atom stereocenters. The second-order valence-corrected chi connectivity index (χ2v) is 7.99. The van der Waals surface area contributed by atoms with Gasteiger partial charge in [0.15, 0.2) is 5.82 Å². The minimum atomic E-state index is -0.169. The van der Waals surface area contributed by atoms with Crippen LogP contribution in [0.25, 0.3) is 11.4 Å². The Balaban J connectivity index is 1.64. The molecule has 0 saturated heterocycles. The van der Waals surface area contributed by atoms with Gasteiger partial charge >= 0.3 is 0 Å². The molecule has 0 aromatic carbocycles. The third kappa shape index (κ3) is 4.08. The highest BCUT2D eigenvalue weighted by atomic mass is 16.5. The highest BCUT2D eigenvalue weighted by Crippen LogP contribution is 2.40. The Bertz CT molecular complexity index is 1040. The number of ether oxygens (including phenoxy) is 1. The summed E-state index contributed by atoms with van der Waals surface area (Å²) in [6.07, 6.45) is 8.51. The number of carbonyl (C=O) groups is 1. The van der Waals surface area contributed by atoms with Crippen molar-refractivity contribution in [1.29, 1.82) is 0 Å². The lowest BCUT2D eigenvalue weighted by atomic mass is 9.74. The maximum atomic E-state index is 12.8. The monoisotopic (exact) mass is 389 g/mol. The van der Waals surface area contributed by atoms with Crippen molar-refractivity contribution in [2.45, 2.75) is 32.7 Å². The summed E-state index contributed by atoms with van der Waals surface area (Å²) >= 11 is 0. The molecule has 0 unspecified atom stereocenters. The van der Waals surface area contributed by atoms with E-state index >= 15 is 0 Å². The number of hydrogen-bond donors (Lipinski definition) is 1. The number of rotatable bonds is 4. The van der Waals surface area contributed by atoms with Crippen LogP contribution in [0.1, 0.15) is 47.9 Å². The first kappa shape index (κ1) is 19.0. The van der Waals surface area contributed by atoms with Crippen LogP contribution >= 0.6 is 0 Å². The zero-order chi connectivity index (χ0) is 20.4. The van der Waals surface area contributed by atoms with E-state index in [0.717, 1.165) is 29.7 Å². The Morgan fingerprint density at radius 2 is 1.97 bits per heavy atom. The van der Waals surface area contributed by atoms with Crippen LogP contribution in [-0.2, 0) is 6.42 Å². The number of nitrogens with zero attached hydrogens (tertiary/aromatic N) is 4. The van der Waals surface area contributed by atoms with Crippen molar-refractivity contribution < 1.29 is 9.53 Å². The minimum absolute atomic E-state index is 0.00471. The van der Waals surface area contributed by atoms with Gasteiger partial charge in [-0.3, -0.25) is 9.78 Å². The normalized spacial score (nSPS) is 17.3. The topological polar surface area (TPSA) is 89.9 Å². The predicted octanol–water partition coefficient (Wildman–Crippen LogP) is 3.39. The van der Waals surface area contributed by atoms with Gasteiger partial charge in [-0.05, 0) is 36.5 Å². The zero-order valence-corrected chi connectivity index (χ0v) is 16.7. The molecule has 7 nitrogen and oxygen atoms in total. The van der Waals surface area contributed by atoms with Crippen LogP contribution in [0.4, 0.5) is 0 Å². The number of methoxy groups -OCH3 is 1. The van der Waals surface area contributed by atoms with Gasteiger partial charge in [0.05, 0.1) is 18.8 Å². The zero-order valence-electron chi connectivity index (χ0n) is 16.7. The lowest BCUT2D eigenvalue weighted by Crippen LogP contribution is -2.37. The Morgan fingerprint density at radius 3 is 2.72 bits per heavy atom. The minimum Gasteiger partial charge on any atom is -0.481 e. The van der Waals surface area contributed by atoms with Gasteiger partial charge in [-0.1, -0.05) is 13.8 Å². The van der Waals surface area contributed by atoms with Crippen LogP contribution in [0, 0.1) is 5.41 Å². The molecule has 1 aliphatic rings. The Labute approximate surface area is 169 Å². The summed E-state index contributed by atoms with van der Waals surface area (Å²) < 4.78 is 5.12. The fourth-order valence-corrected chi connectivity index (χ4v) is 3.72. The SMILES string of the molecule is COc1cc(C(=O)N[C@H]2CC(C)(C)Cc3nc(-c4ccncc4)ncc32)ccn1. The molecule has 7 heteroatoms. The lowest BCUT2D eigenvalue weighted by Gasteiger charge is -2.36. The summed E-state index contributed by atoms with van der Waals surface area (Å²) in [4.78, 5) is 30.3. The lowest BCUT2D eigenvalue weighted by molar-refractivity contribution is 0.0918. The van der Waals surface area contributed by atoms with E-state index in [1.165, 1.54) is 7.11 Å². The van der Waals surface area contributed by atoms with Crippen LogP contribution in [0.3, 0.4) is 0 Å². The summed E-state index contributed by atoms with van der Waals surface area (Å²) in [6.45, 7) is 4.39. The molecule has 3 heterocycles. The highest BCUT2D eigenvalue weighted by molar-refractivity contribution is 5.94. The number of nitrogens with one attached hydrogen (secondary N) is 1. The predicted molar refractivity (Wildman–Crippen MR) is 108 cm³/mol. The van der Waals surface area contributed by atoms with E-state index in [0.29, 0.717) is 17.3 Å². The number of hydrogen-bond acceptors (Lipinski definition) is 6. The maximum Gasteiger partial charge on any atom is 0.252 e. The largest absolute Gasteiger partial charge is 0.481 e. The van der Waals surface area contributed by atoms with Crippen LogP contribution < -0.4 is 10.1 Å². The van der Waals surface area contributed by atoms with Gasteiger partial charge in [-0.2, -0.15) is 0 Å². The molecule has 0 saturated carbocycles. The van der Waals surface area contributed by atoms with Crippen molar-refractivity contribution in [3.8, 4) is 17.3 Å². The van der Waals surface area contributed by atoms with E-state index in [-0.39, 0.29) is 17.4 Å². The van der Waals surface area contributed by atoms with Crippen LogP contribution in [0.2, 0.25) is 0 Å². The van der Waals surface area contributed by atoms with Gasteiger partial charge in [-0.25, -0.2) is 15.0 Å². The van der Waals surface area contributed by atoms with Gasteiger partial charge in [-0.15, -0.1) is 0 Å². The van der Waals surface area contributed by atoms with Crippen LogP contribution in [0.15, 0.2) is 49.1 Å². The van der Waals surface area contributed by atoms with E-state index in [4.69, 9.17) is 9.72 Å². The molecule has 0 aliphatic heterocycles. The molecular formula is C22H23N5O2. The van der Waals surface area contributed by atoms with E-state index < -0.39 is 0 Å². The van der Waals surface area contributed by atoms with Crippen molar-refractivity contribution in [3.05, 3.63) is 65.9 Å². The van der Waals surface area contributed by atoms with Gasteiger partial charge < -0.3 is 10.1 Å². The van der Waals surface area contributed by atoms with Gasteiger partial charge in [0.25, 0.3) is 5.91 Å². The fraction of sp³-hybridized carbons (Fsp3) is 0.318. The smallest absolute Gasteiger partial charge is 0.252 e. The standard InChI is InChI=1S/C22H23N5O2/c1-22(2)11-17-16(13-25-20(26-17)14-4-7-23-8-5-14)18(12-22)27-21(28)15-6-9-24-19(10-15)29-3/h4-10,13,18H,11-12H2,1-3H3,(H,27,28)/t18-/m0/s1. The van der Waals surface area contributed by atoms with E-state index in [1.807, 2.05) is 18.3 Å². The molecule has 0 fully saturated rings. The molecule has 4 rings (SSSR count). The van der Waals surface area contributed by atoms with Gasteiger partial charge in [0.1, 0.15) is 0 Å². The summed E-state index contributed by atoms with van der Waals surface area (Å²) in [5.74, 6) is 0.915. The summed E-state index contributed by atoms with van der Waals surface area (Å²) in [6, 6.07) is 6.94. The molecule has 0 bridgehead atoms. The first-order valence-corrected chi connectivity index (χ1v) is 9.52. The van der Waals surface area contributed by atoms with Gasteiger partial charge in [0.2, 0.25) is 5.88 Å². The molecule has 1 N–H and O–H groups in total.